The van der Waals surface area contributed by atoms with E-state index >= 15 is 0 Å². The van der Waals surface area contributed by atoms with Gasteiger partial charge in [-0.05, 0) is 36.8 Å². The number of fused-ring (bicyclic) bond motifs is 1. The lowest BCUT2D eigenvalue weighted by Gasteiger charge is -2.08. The standard InChI is InChI=1S/C16H13NOS/c1-11-10-12-6-2-3-7-13(12)17-16(11)19-15-9-5-4-8-14(15)18/h2-10,18H,1H3. The van der Waals surface area contributed by atoms with E-state index in [0.29, 0.717) is 5.75 Å². The molecule has 2 aromatic carbocycles. The Kier molecular flexibility index (Phi) is 3.13. The first-order chi connectivity index (χ1) is 9.24. The van der Waals surface area contributed by atoms with Gasteiger partial charge in [0.1, 0.15) is 10.8 Å². The average molecular weight is 267 g/mol. The summed E-state index contributed by atoms with van der Waals surface area (Å²) in [5.74, 6) is 0.293. The number of aryl methyl sites for hydroxylation is 1. The van der Waals surface area contributed by atoms with Crippen molar-refractivity contribution in [2.45, 2.75) is 16.8 Å². The first kappa shape index (κ1) is 12.1. The molecule has 0 bridgehead atoms. The zero-order valence-electron chi connectivity index (χ0n) is 10.5. The Morgan fingerprint density at radius 3 is 2.58 bits per heavy atom. The Morgan fingerprint density at radius 1 is 1.00 bits per heavy atom. The first-order valence-corrected chi connectivity index (χ1v) is 6.88. The molecule has 1 N–H and O–H groups in total. The molecule has 0 fully saturated rings. The van der Waals surface area contributed by atoms with E-state index in [1.807, 2.05) is 43.3 Å². The first-order valence-electron chi connectivity index (χ1n) is 6.06. The number of aromatic hydroxyl groups is 1. The summed E-state index contributed by atoms with van der Waals surface area (Å²) in [4.78, 5) is 5.49. The number of hydrogen-bond donors (Lipinski definition) is 1. The molecular formula is C16H13NOS. The lowest BCUT2D eigenvalue weighted by atomic mass is 10.2. The van der Waals surface area contributed by atoms with Gasteiger partial charge in [-0.15, -0.1) is 0 Å². The SMILES string of the molecule is Cc1cc2ccccc2nc1Sc1ccccc1O. The van der Waals surface area contributed by atoms with Crippen molar-refractivity contribution in [1.82, 2.24) is 4.98 Å². The number of benzene rings is 2. The zero-order valence-corrected chi connectivity index (χ0v) is 11.3. The average Bonchev–Trinajstić information content (AvgIpc) is 2.42. The third-order valence-corrected chi connectivity index (χ3v) is 4.11. The Morgan fingerprint density at radius 2 is 1.74 bits per heavy atom. The van der Waals surface area contributed by atoms with Gasteiger partial charge in [-0.2, -0.15) is 0 Å². The minimum Gasteiger partial charge on any atom is -0.507 e. The van der Waals surface area contributed by atoms with Crippen LogP contribution < -0.4 is 0 Å². The van der Waals surface area contributed by atoms with Crippen LogP contribution in [0, 0.1) is 6.92 Å². The number of phenols is 1. The molecule has 0 atom stereocenters. The van der Waals surface area contributed by atoms with Gasteiger partial charge < -0.3 is 5.11 Å². The number of para-hydroxylation sites is 2. The normalized spacial score (nSPS) is 10.8. The molecule has 1 heterocycles. The van der Waals surface area contributed by atoms with Crippen molar-refractivity contribution in [1.29, 1.82) is 0 Å². The van der Waals surface area contributed by atoms with Crippen LogP contribution >= 0.6 is 11.8 Å². The largest absolute Gasteiger partial charge is 0.507 e. The third-order valence-electron chi connectivity index (χ3n) is 2.94. The van der Waals surface area contributed by atoms with Crippen molar-refractivity contribution in [3.8, 4) is 5.75 Å². The monoisotopic (exact) mass is 267 g/mol. The molecule has 0 unspecified atom stereocenters. The smallest absolute Gasteiger partial charge is 0.129 e. The molecule has 0 saturated heterocycles. The summed E-state index contributed by atoms with van der Waals surface area (Å²) in [5, 5.41) is 11.9. The summed E-state index contributed by atoms with van der Waals surface area (Å²) in [5.41, 5.74) is 2.10. The molecule has 94 valence electrons. The molecule has 0 aliphatic heterocycles. The van der Waals surface area contributed by atoms with Crippen LogP contribution in [-0.4, -0.2) is 10.1 Å². The summed E-state index contributed by atoms with van der Waals surface area (Å²) >= 11 is 1.49. The lowest BCUT2D eigenvalue weighted by Crippen LogP contribution is -1.87. The predicted molar refractivity (Wildman–Crippen MR) is 78.7 cm³/mol. The Hall–Kier alpha value is -2.00. The Bertz CT molecular complexity index is 740. The highest BCUT2D eigenvalue weighted by Crippen LogP contribution is 2.35. The van der Waals surface area contributed by atoms with Gasteiger partial charge in [0.05, 0.1) is 10.4 Å². The van der Waals surface area contributed by atoms with Gasteiger partial charge in [0.2, 0.25) is 0 Å². The summed E-state index contributed by atoms with van der Waals surface area (Å²) in [6.07, 6.45) is 0. The van der Waals surface area contributed by atoms with Crippen LogP contribution in [0.3, 0.4) is 0 Å². The highest BCUT2D eigenvalue weighted by atomic mass is 32.2. The number of phenolic OH excluding ortho intramolecular Hbond substituents is 1. The molecule has 3 heteroatoms. The van der Waals surface area contributed by atoms with Gasteiger partial charge in [-0.25, -0.2) is 4.98 Å². The van der Waals surface area contributed by atoms with E-state index < -0.39 is 0 Å². The number of nitrogens with zero attached hydrogens (tertiary/aromatic N) is 1. The maximum Gasteiger partial charge on any atom is 0.129 e. The fourth-order valence-electron chi connectivity index (χ4n) is 1.95. The molecule has 3 rings (SSSR count). The minimum atomic E-state index is 0.293. The van der Waals surface area contributed by atoms with Gasteiger partial charge >= 0.3 is 0 Å². The van der Waals surface area contributed by atoms with Crippen molar-refractivity contribution in [2.75, 3.05) is 0 Å². The maximum absolute atomic E-state index is 9.83. The van der Waals surface area contributed by atoms with Crippen LogP contribution in [0.2, 0.25) is 0 Å². The highest BCUT2D eigenvalue weighted by Gasteiger charge is 2.08. The number of hydrogen-bond acceptors (Lipinski definition) is 3. The molecule has 0 radical (unpaired) electrons. The Balaban J connectivity index is 2.06. The van der Waals surface area contributed by atoms with Crippen molar-refractivity contribution in [2.24, 2.45) is 0 Å². The quantitative estimate of drug-likeness (QED) is 0.747. The van der Waals surface area contributed by atoms with Crippen LogP contribution in [0.25, 0.3) is 10.9 Å². The molecule has 3 aromatic rings. The van der Waals surface area contributed by atoms with Crippen LogP contribution in [0.5, 0.6) is 5.75 Å². The highest BCUT2D eigenvalue weighted by molar-refractivity contribution is 7.99. The van der Waals surface area contributed by atoms with Crippen LogP contribution in [0.1, 0.15) is 5.56 Å². The number of pyridine rings is 1. The molecular weight excluding hydrogens is 254 g/mol. The van der Waals surface area contributed by atoms with Gasteiger partial charge in [0, 0.05) is 5.39 Å². The Labute approximate surface area is 116 Å². The van der Waals surface area contributed by atoms with E-state index in [4.69, 9.17) is 0 Å². The summed E-state index contributed by atoms with van der Waals surface area (Å²) in [6, 6.07) is 17.5. The van der Waals surface area contributed by atoms with E-state index in [9.17, 15) is 5.11 Å². The molecule has 0 aliphatic rings. The van der Waals surface area contributed by atoms with E-state index in [1.165, 1.54) is 11.8 Å². The van der Waals surface area contributed by atoms with Crippen molar-refractivity contribution < 1.29 is 5.11 Å². The van der Waals surface area contributed by atoms with E-state index in [0.717, 1.165) is 26.4 Å². The molecule has 2 nitrogen and oxygen atoms in total. The summed E-state index contributed by atoms with van der Waals surface area (Å²) < 4.78 is 0. The van der Waals surface area contributed by atoms with E-state index in [1.54, 1.807) is 6.07 Å². The molecule has 19 heavy (non-hydrogen) atoms. The van der Waals surface area contributed by atoms with Crippen molar-refractivity contribution >= 4 is 22.7 Å². The molecule has 1 aromatic heterocycles. The fraction of sp³-hybridized carbons (Fsp3) is 0.0625. The van der Waals surface area contributed by atoms with Gasteiger partial charge in [0.25, 0.3) is 0 Å². The van der Waals surface area contributed by atoms with E-state index in [-0.39, 0.29) is 0 Å². The molecule has 0 aliphatic carbocycles. The van der Waals surface area contributed by atoms with Gasteiger partial charge in [-0.3, -0.25) is 0 Å². The minimum absolute atomic E-state index is 0.293. The predicted octanol–water partition coefficient (Wildman–Crippen LogP) is 4.40. The molecule has 0 saturated carbocycles. The van der Waals surface area contributed by atoms with Gasteiger partial charge in [-0.1, -0.05) is 42.1 Å². The zero-order chi connectivity index (χ0) is 13.2. The molecule has 0 spiro atoms. The van der Waals surface area contributed by atoms with Gasteiger partial charge in [0.15, 0.2) is 0 Å². The van der Waals surface area contributed by atoms with Crippen LogP contribution in [0.15, 0.2) is 64.5 Å². The van der Waals surface area contributed by atoms with Crippen LogP contribution in [0.4, 0.5) is 0 Å². The topological polar surface area (TPSA) is 33.1 Å². The second-order valence-corrected chi connectivity index (χ2v) is 5.40. The van der Waals surface area contributed by atoms with E-state index in [2.05, 4.69) is 17.1 Å². The maximum atomic E-state index is 9.83. The summed E-state index contributed by atoms with van der Waals surface area (Å²) in [6.45, 7) is 2.04. The van der Waals surface area contributed by atoms with Crippen molar-refractivity contribution in [3.63, 3.8) is 0 Å². The van der Waals surface area contributed by atoms with Crippen molar-refractivity contribution in [3.05, 3.63) is 60.2 Å². The third kappa shape index (κ3) is 2.42. The number of aromatic nitrogens is 1. The second kappa shape index (κ2) is 4.94. The molecule has 0 amide bonds. The second-order valence-electron chi connectivity index (χ2n) is 4.37. The number of rotatable bonds is 2. The lowest BCUT2D eigenvalue weighted by molar-refractivity contribution is 0.462. The summed E-state index contributed by atoms with van der Waals surface area (Å²) in [7, 11) is 0. The van der Waals surface area contributed by atoms with Crippen LogP contribution in [-0.2, 0) is 0 Å². The fourth-order valence-corrected chi connectivity index (χ4v) is 2.85.